The molecule has 126 valence electrons. The van der Waals surface area contributed by atoms with Crippen LogP contribution in [0, 0.1) is 3.57 Å². The molecule has 3 amide bonds. The zero-order chi connectivity index (χ0) is 16.8. The molecule has 23 heavy (non-hydrogen) atoms. The van der Waals surface area contributed by atoms with E-state index in [-0.39, 0.29) is 11.9 Å². The number of carbonyl (C=O) groups is 2. The quantitative estimate of drug-likeness (QED) is 0.743. The molecule has 0 unspecified atom stereocenters. The van der Waals surface area contributed by atoms with Crippen molar-refractivity contribution in [2.75, 3.05) is 52.1 Å². The number of halogens is 1. The summed E-state index contributed by atoms with van der Waals surface area (Å²) in [4.78, 5) is 29.5. The van der Waals surface area contributed by atoms with Gasteiger partial charge in [-0.1, -0.05) is 0 Å². The van der Waals surface area contributed by atoms with Crippen molar-refractivity contribution >= 4 is 40.2 Å². The molecule has 2 rings (SSSR count). The van der Waals surface area contributed by atoms with Gasteiger partial charge in [0.05, 0.1) is 0 Å². The van der Waals surface area contributed by atoms with Crippen LogP contribution in [0.2, 0.25) is 0 Å². The number of amides is 3. The van der Waals surface area contributed by atoms with Crippen LogP contribution in [0.25, 0.3) is 0 Å². The van der Waals surface area contributed by atoms with Crippen LogP contribution in [0.15, 0.2) is 24.3 Å². The van der Waals surface area contributed by atoms with Gasteiger partial charge in [0.1, 0.15) is 0 Å². The molecular formula is C16H23IN4O2. The van der Waals surface area contributed by atoms with E-state index in [1.54, 1.807) is 19.0 Å². The molecule has 0 spiro atoms. The predicted octanol–water partition coefficient (Wildman–Crippen LogP) is 1.92. The fourth-order valence-corrected chi connectivity index (χ4v) is 2.75. The fraction of sp³-hybridized carbons (Fsp3) is 0.500. The summed E-state index contributed by atoms with van der Waals surface area (Å²) in [6, 6.07) is 7.69. The standard InChI is InChI=1S/C16H23IN4O2/c1-19(2)15(22)7-8-20-9-11-21(12-10-20)16(23)18-14-5-3-13(17)4-6-14/h3-6H,7-12H2,1-2H3,(H,18,23). The van der Waals surface area contributed by atoms with Crippen LogP contribution in [0.5, 0.6) is 0 Å². The van der Waals surface area contributed by atoms with Crippen molar-refractivity contribution < 1.29 is 9.59 Å². The molecule has 1 heterocycles. The Morgan fingerprint density at radius 1 is 1.13 bits per heavy atom. The summed E-state index contributed by atoms with van der Waals surface area (Å²) >= 11 is 2.24. The Labute approximate surface area is 150 Å². The monoisotopic (exact) mass is 430 g/mol. The fourth-order valence-electron chi connectivity index (χ4n) is 2.39. The van der Waals surface area contributed by atoms with Crippen molar-refractivity contribution in [3.05, 3.63) is 27.8 Å². The summed E-state index contributed by atoms with van der Waals surface area (Å²) < 4.78 is 1.14. The Balaban J connectivity index is 1.74. The first-order chi connectivity index (χ1) is 11.0. The van der Waals surface area contributed by atoms with Crippen LogP contribution in [0.3, 0.4) is 0 Å². The second-order valence-electron chi connectivity index (χ2n) is 5.80. The Kier molecular flexibility index (Phi) is 6.64. The van der Waals surface area contributed by atoms with Crippen LogP contribution in [-0.4, -0.2) is 73.5 Å². The molecular weight excluding hydrogens is 407 g/mol. The first kappa shape index (κ1) is 18.0. The van der Waals surface area contributed by atoms with Gasteiger partial charge in [-0.25, -0.2) is 4.79 Å². The number of hydrogen-bond acceptors (Lipinski definition) is 3. The molecule has 6 nitrogen and oxygen atoms in total. The highest BCUT2D eigenvalue weighted by Gasteiger charge is 2.21. The molecule has 7 heteroatoms. The van der Waals surface area contributed by atoms with Crippen LogP contribution < -0.4 is 5.32 Å². The maximum Gasteiger partial charge on any atom is 0.321 e. The van der Waals surface area contributed by atoms with E-state index in [1.165, 1.54) is 0 Å². The topological polar surface area (TPSA) is 55.9 Å². The summed E-state index contributed by atoms with van der Waals surface area (Å²) in [6.07, 6.45) is 0.530. The number of hydrogen-bond donors (Lipinski definition) is 1. The molecule has 0 radical (unpaired) electrons. The lowest BCUT2D eigenvalue weighted by Gasteiger charge is -2.34. The van der Waals surface area contributed by atoms with Gasteiger partial charge < -0.3 is 15.1 Å². The number of nitrogens with zero attached hydrogens (tertiary/aromatic N) is 3. The average Bonchev–Trinajstić information content (AvgIpc) is 2.55. The minimum absolute atomic E-state index is 0.0600. The lowest BCUT2D eigenvalue weighted by molar-refractivity contribution is -0.129. The highest BCUT2D eigenvalue weighted by atomic mass is 127. The maximum absolute atomic E-state index is 12.2. The van der Waals surface area contributed by atoms with Gasteiger partial charge in [-0.3, -0.25) is 9.69 Å². The van der Waals surface area contributed by atoms with Gasteiger partial charge >= 0.3 is 6.03 Å². The van der Waals surface area contributed by atoms with Crippen LogP contribution in [0.4, 0.5) is 10.5 Å². The molecule has 0 bridgehead atoms. The Morgan fingerprint density at radius 3 is 2.30 bits per heavy atom. The first-order valence-electron chi connectivity index (χ1n) is 7.69. The van der Waals surface area contributed by atoms with Crippen molar-refractivity contribution in [2.24, 2.45) is 0 Å². The van der Waals surface area contributed by atoms with Gasteiger partial charge in [0, 0.05) is 62.5 Å². The molecule has 1 aromatic rings. The number of benzene rings is 1. The average molecular weight is 430 g/mol. The Morgan fingerprint density at radius 2 is 1.74 bits per heavy atom. The third kappa shape index (κ3) is 5.65. The van der Waals surface area contributed by atoms with Gasteiger partial charge in [0.25, 0.3) is 0 Å². The van der Waals surface area contributed by atoms with E-state index in [4.69, 9.17) is 0 Å². The van der Waals surface area contributed by atoms with E-state index >= 15 is 0 Å². The molecule has 1 aromatic carbocycles. The summed E-state index contributed by atoms with van der Waals surface area (Å²) in [5.74, 6) is 0.142. The number of anilines is 1. The van der Waals surface area contributed by atoms with E-state index in [2.05, 4.69) is 32.8 Å². The maximum atomic E-state index is 12.2. The molecule has 1 aliphatic heterocycles. The third-order valence-corrected chi connectivity index (χ3v) is 4.61. The van der Waals surface area contributed by atoms with E-state index < -0.39 is 0 Å². The van der Waals surface area contributed by atoms with Crippen LogP contribution in [-0.2, 0) is 4.79 Å². The third-order valence-electron chi connectivity index (χ3n) is 3.90. The lowest BCUT2D eigenvalue weighted by Crippen LogP contribution is -2.50. The van der Waals surface area contributed by atoms with E-state index in [1.807, 2.05) is 29.2 Å². The number of nitrogens with one attached hydrogen (secondary N) is 1. The Hall–Kier alpha value is -1.35. The van der Waals surface area contributed by atoms with Crippen molar-refractivity contribution in [1.29, 1.82) is 0 Å². The van der Waals surface area contributed by atoms with Gasteiger partial charge in [0.15, 0.2) is 0 Å². The number of piperazine rings is 1. The zero-order valence-corrected chi connectivity index (χ0v) is 15.7. The SMILES string of the molecule is CN(C)C(=O)CCN1CCN(C(=O)Nc2ccc(I)cc2)CC1. The van der Waals surface area contributed by atoms with Gasteiger partial charge in [-0.2, -0.15) is 0 Å². The second-order valence-corrected chi connectivity index (χ2v) is 7.05. The zero-order valence-electron chi connectivity index (χ0n) is 13.6. The molecule has 1 saturated heterocycles. The minimum atomic E-state index is -0.0600. The van der Waals surface area contributed by atoms with E-state index in [0.29, 0.717) is 19.5 Å². The summed E-state index contributed by atoms with van der Waals surface area (Å²) in [5.41, 5.74) is 0.814. The van der Waals surface area contributed by atoms with E-state index in [9.17, 15) is 9.59 Å². The summed E-state index contributed by atoms with van der Waals surface area (Å²) in [5, 5.41) is 2.92. The largest absolute Gasteiger partial charge is 0.349 e. The normalized spacial score (nSPS) is 15.3. The molecule has 1 aliphatic rings. The Bertz CT molecular complexity index is 540. The van der Waals surface area contributed by atoms with E-state index in [0.717, 1.165) is 28.9 Å². The smallest absolute Gasteiger partial charge is 0.321 e. The highest BCUT2D eigenvalue weighted by Crippen LogP contribution is 2.12. The molecule has 0 aliphatic carbocycles. The van der Waals surface area contributed by atoms with Gasteiger partial charge in [-0.05, 0) is 46.9 Å². The predicted molar refractivity (Wildman–Crippen MR) is 99.5 cm³/mol. The number of rotatable bonds is 4. The molecule has 0 saturated carbocycles. The van der Waals surface area contributed by atoms with Gasteiger partial charge in [0.2, 0.25) is 5.91 Å². The number of urea groups is 1. The van der Waals surface area contributed by atoms with Crippen molar-refractivity contribution in [1.82, 2.24) is 14.7 Å². The molecule has 1 N–H and O–H groups in total. The van der Waals surface area contributed by atoms with Crippen LogP contribution in [0.1, 0.15) is 6.42 Å². The lowest BCUT2D eigenvalue weighted by atomic mass is 10.3. The van der Waals surface area contributed by atoms with Crippen LogP contribution >= 0.6 is 22.6 Å². The van der Waals surface area contributed by atoms with Crippen molar-refractivity contribution in [3.8, 4) is 0 Å². The molecule has 0 aromatic heterocycles. The minimum Gasteiger partial charge on any atom is -0.349 e. The number of carbonyl (C=O) groups excluding carboxylic acids is 2. The highest BCUT2D eigenvalue weighted by molar-refractivity contribution is 14.1. The first-order valence-corrected chi connectivity index (χ1v) is 8.77. The second kappa shape index (κ2) is 8.49. The van der Waals surface area contributed by atoms with Gasteiger partial charge in [-0.15, -0.1) is 0 Å². The molecule has 1 fully saturated rings. The van der Waals surface area contributed by atoms with Crippen molar-refractivity contribution in [2.45, 2.75) is 6.42 Å². The van der Waals surface area contributed by atoms with Crippen molar-refractivity contribution in [3.63, 3.8) is 0 Å². The molecule has 0 atom stereocenters. The summed E-state index contributed by atoms with van der Waals surface area (Å²) in [6.45, 7) is 3.74. The summed E-state index contributed by atoms with van der Waals surface area (Å²) in [7, 11) is 3.55.